The third-order valence-electron chi connectivity index (χ3n) is 2.62. The fourth-order valence-electron chi connectivity index (χ4n) is 1.71. The van der Waals surface area contributed by atoms with Gasteiger partial charge >= 0.3 is 0 Å². The molecule has 0 bridgehead atoms. The Morgan fingerprint density at radius 3 is 2.19 bits per heavy atom. The summed E-state index contributed by atoms with van der Waals surface area (Å²) in [6, 6.07) is 1.65. The average molecular weight is 301 g/mol. The number of nitrogens with zero attached hydrogens (tertiary/aromatic N) is 3. The highest BCUT2D eigenvalue weighted by Crippen LogP contribution is 2.20. The molecule has 2 aromatic rings. The predicted molar refractivity (Wildman–Crippen MR) is 67.2 cm³/mol. The molecule has 0 aliphatic carbocycles. The Morgan fingerprint density at radius 1 is 1.10 bits per heavy atom. The van der Waals surface area contributed by atoms with Crippen molar-refractivity contribution in [2.75, 3.05) is 13.2 Å². The molecule has 0 radical (unpaired) electrons. The molecule has 0 saturated heterocycles. The van der Waals surface area contributed by atoms with Crippen LogP contribution >= 0.6 is 0 Å². The van der Waals surface area contributed by atoms with Crippen molar-refractivity contribution in [2.45, 2.75) is 20.1 Å². The zero-order valence-electron chi connectivity index (χ0n) is 11.5. The van der Waals surface area contributed by atoms with E-state index in [0.29, 0.717) is 18.9 Å². The first-order valence-corrected chi connectivity index (χ1v) is 6.37. The highest BCUT2D eigenvalue weighted by molar-refractivity contribution is 5.32. The maximum atomic E-state index is 13.2. The van der Waals surface area contributed by atoms with Gasteiger partial charge in [0.1, 0.15) is 5.69 Å². The molecule has 114 valence electrons. The van der Waals surface area contributed by atoms with Crippen LogP contribution in [-0.2, 0) is 9.47 Å². The number of hydrogen-bond donors (Lipinski definition) is 0. The van der Waals surface area contributed by atoms with Crippen molar-refractivity contribution in [2.24, 2.45) is 0 Å². The SMILES string of the molecule is CCOC(OCC)c1cn(-c2cc(F)c(F)c(F)c2)nn1. The maximum absolute atomic E-state index is 13.2. The first-order chi connectivity index (χ1) is 10.1. The van der Waals surface area contributed by atoms with E-state index in [4.69, 9.17) is 9.47 Å². The van der Waals surface area contributed by atoms with E-state index in [2.05, 4.69) is 10.3 Å². The van der Waals surface area contributed by atoms with Crippen molar-refractivity contribution in [3.05, 3.63) is 41.5 Å². The molecule has 0 fully saturated rings. The zero-order chi connectivity index (χ0) is 15.4. The second-order valence-corrected chi connectivity index (χ2v) is 4.05. The molecule has 8 heteroatoms. The molecule has 0 unspecified atom stereocenters. The van der Waals surface area contributed by atoms with E-state index in [9.17, 15) is 13.2 Å². The van der Waals surface area contributed by atoms with Crippen LogP contribution < -0.4 is 0 Å². The van der Waals surface area contributed by atoms with E-state index in [0.717, 1.165) is 16.8 Å². The van der Waals surface area contributed by atoms with Gasteiger partial charge in [0.05, 0.1) is 11.9 Å². The summed E-state index contributed by atoms with van der Waals surface area (Å²) < 4.78 is 51.1. The third-order valence-corrected chi connectivity index (χ3v) is 2.62. The molecule has 0 spiro atoms. The minimum absolute atomic E-state index is 0.0110. The van der Waals surface area contributed by atoms with Gasteiger partial charge in [-0.15, -0.1) is 5.10 Å². The van der Waals surface area contributed by atoms with Crippen molar-refractivity contribution in [1.82, 2.24) is 15.0 Å². The minimum atomic E-state index is -1.53. The largest absolute Gasteiger partial charge is 0.347 e. The normalized spacial score (nSPS) is 11.3. The molecule has 0 aliphatic heterocycles. The first kappa shape index (κ1) is 15.5. The lowest BCUT2D eigenvalue weighted by Gasteiger charge is -2.13. The smallest absolute Gasteiger partial charge is 0.204 e. The predicted octanol–water partition coefficient (Wildman–Crippen LogP) is 2.76. The molecule has 1 heterocycles. The average Bonchev–Trinajstić information content (AvgIpc) is 2.93. The highest BCUT2D eigenvalue weighted by Gasteiger charge is 2.18. The Labute approximate surface area is 119 Å². The van der Waals surface area contributed by atoms with Gasteiger partial charge in [-0.2, -0.15) is 0 Å². The van der Waals surface area contributed by atoms with Crippen LogP contribution in [0.3, 0.4) is 0 Å². The fraction of sp³-hybridized carbons (Fsp3) is 0.385. The number of rotatable bonds is 6. The van der Waals surface area contributed by atoms with E-state index in [1.165, 1.54) is 6.20 Å². The number of halogens is 3. The molecule has 5 nitrogen and oxygen atoms in total. The minimum Gasteiger partial charge on any atom is -0.347 e. The van der Waals surface area contributed by atoms with E-state index < -0.39 is 23.7 Å². The van der Waals surface area contributed by atoms with Crippen LogP contribution in [0.25, 0.3) is 5.69 Å². The molecular weight excluding hydrogens is 287 g/mol. The lowest BCUT2D eigenvalue weighted by atomic mass is 10.3. The molecular formula is C13H14F3N3O2. The summed E-state index contributed by atoms with van der Waals surface area (Å²) in [7, 11) is 0. The van der Waals surface area contributed by atoms with Gasteiger partial charge in [0.2, 0.25) is 6.29 Å². The van der Waals surface area contributed by atoms with Crippen molar-refractivity contribution >= 4 is 0 Å². The lowest BCUT2D eigenvalue weighted by Crippen LogP contribution is -2.09. The molecule has 0 aliphatic rings. The molecule has 0 atom stereocenters. The Kier molecular flexibility index (Phi) is 4.92. The van der Waals surface area contributed by atoms with Gasteiger partial charge in [0, 0.05) is 25.3 Å². The molecule has 21 heavy (non-hydrogen) atoms. The summed E-state index contributed by atoms with van der Waals surface area (Å²) in [6.07, 6.45) is 0.686. The van der Waals surface area contributed by atoms with E-state index in [1.54, 1.807) is 13.8 Å². The quantitative estimate of drug-likeness (QED) is 0.608. The standard InChI is InChI=1S/C13H14F3N3O2/c1-3-20-13(21-4-2)11-7-19(18-17-11)8-5-9(14)12(16)10(15)6-8/h5-7,13H,3-4H2,1-2H3. The maximum Gasteiger partial charge on any atom is 0.204 e. The van der Waals surface area contributed by atoms with Crippen LogP contribution in [0.15, 0.2) is 18.3 Å². The molecule has 0 N–H and O–H groups in total. The molecule has 2 rings (SSSR count). The van der Waals surface area contributed by atoms with E-state index in [-0.39, 0.29) is 5.69 Å². The van der Waals surface area contributed by atoms with Crippen LogP contribution in [0.2, 0.25) is 0 Å². The Morgan fingerprint density at radius 2 is 1.67 bits per heavy atom. The van der Waals surface area contributed by atoms with Crippen molar-refractivity contribution < 1.29 is 22.6 Å². The van der Waals surface area contributed by atoms with Crippen LogP contribution in [0.1, 0.15) is 25.8 Å². The van der Waals surface area contributed by atoms with Gasteiger partial charge in [-0.3, -0.25) is 0 Å². The number of aromatic nitrogens is 3. The van der Waals surface area contributed by atoms with Crippen molar-refractivity contribution in [1.29, 1.82) is 0 Å². The van der Waals surface area contributed by atoms with Gasteiger partial charge in [0.25, 0.3) is 0 Å². The Hall–Kier alpha value is -1.93. The monoisotopic (exact) mass is 301 g/mol. The number of ether oxygens (including phenoxy) is 2. The Balaban J connectivity index is 2.30. The van der Waals surface area contributed by atoms with Crippen LogP contribution in [-0.4, -0.2) is 28.2 Å². The highest BCUT2D eigenvalue weighted by atomic mass is 19.2. The zero-order valence-corrected chi connectivity index (χ0v) is 11.5. The first-order valence-electron chi connectivity index (χ1n) is 6.37. The van der Waals surface area contributed by atoms with Crippen molar-refractivity contribution in [3.8, 4) is 5.69 Å². The summed E-state index contributed by atoms with van der Waals surface area (Å²) in [5.41, 5.74) is 0.362. The summed E-state index contributed by atoms with van der Waals surface area (Å²) in [6.45, 7) is 4.39. The van der Waals surface area contributed by atoms with E-state index >= 15 is 0 Å². The molecule has 1 aromatic heterocycles. The second-order valence-electron chi connectivity index (χ2n) is 4.05. The van der Waals surface area contributed by atoms with Gasteiger partial charge in [0.15, 0.2) is 17.5 Å². The second kappa shape index (κ2) is 6.68. The molecule has 0 saturated carbocycles. The van der Waals surface area contributed by atoms with Crippen LogP contribution in [0, 0.1) is 17.5 Å². The summed E-state index contributed by atoms with van der Waals surface area (Å²) >= 11 is 0. The lowest BCUT2D eigenvalue weighted by molar-refractivity contribution is -0.142. The van der Waals surface area contributed by atoms with Crippen LogP contribution in [0.5, 0.6) is 0 Å². The van der Waals surface area contributed by atoms with Gasteiger partial charge in [-0.25, -0.2) is 17.9 Å². The van der Waals surface area contributed by atoms with Crippen LogP contribution in [0.4, 0.5) is 13.2 Å². The summed E-state index contributed by atoms with van der Waals surface area (Å²) in [5, 5.41) is 7.57. The molecule has 1 aromatic carbocycles. The summed E-state index contributed by atoms with van der Waals surface area (Å²) in [5.74, 6) is -4.12. The van der Waals surface area contributed by atoms with Gasteiger partial charge < -0.3 is 9.47 Å². The summed E-state index contributed by atoms with van der Waals surface area (Å²) in [4.78, 5) is 0. The van der Waals surface area contributed by atoms with Gasteiger partial charge in [-0.1, -0.05) is 5.21 Å². The third kappa shape index (κ3) is 3.40. The number of hydrogen-bond acceptors (Lipinski definition) is 4. The topological polar surface area (TPSA) is 49.2 Å². The van der Waals surface area contributed by atoms with Gasteiger partial charge in [-0.05, 0) is 13.8 Å². The Bertz CT molecular complexity index is 589. The molecule has 0 amide bonds. The fourth-order valence-corrected chi connectivity index (χ4v) is 1.71. The van der Waals surface area contributed by atoms with Crippen molar-refractivity contribution in [3.63, 3.8) is 0 Å². The van der Waals surface area contributed by atoms with E-state index in [1.807, 2.05) is 0 Å². The number of benzene rings is 1.